The Balaban J connectivity index is 1.24. The van der Waals surface area contributed by atoms with Crippen LogP contribution in [0.1, 0.15) is 28.2 Å². The minimum atomic E-state index is -1.19. The Bertz CT molecular complexity index is 1490. The number of halogens is 1. The second kappa shape index (κ2) is 12.1. The summed E-state index contributed by atoms with van der Waals surface area (Å²) in [6, 6.07) is 27.2. The summed E-state index contributed by atoms with van der Waals surface area (Å²) in [6.07, 6.45) is -0.736. The van der Waals surface area contributed by atoms with E-state index in [1.54, 1.807) is 49.6 Å². The van der Waals surface area contributed by atoms with Crippen molar-refractivity contribution in [2.24, 2.45) is 0 Å². The van der Waals surface area contributed by atoms with Crippen molar-refractivity contribution in [2.75, 3.05) is 13.7 Å². The van der Waals surface area contributed by atoms with Crippen LogP contribution in [-0.4, -0.2) is 36.9 Å². The molecule has 1 aliphatic rings. The molecule has 0 spiro atoms. The third-order valence-corrected chi connectivity index (χ3v) is 7.14. The van der Waals surface area contributed by atoms with Gasteiger partial charge in [0.25, 0.3) is 0 Å². The lowest BCUT2D eigenvalue weighted by molar-refractivity contribution is -0.139. The molecule has 0 fully saturated rings. The summed E-state index contributed by atoms with van der Waals surface area (Å²) < 4.78 is 16.8. The first-order valence-electron chi connectivity index (χ1n) is 12.8. The number of benzene rings is 4. The summed E-state index contributed by atoms with van der Waals surface area (Å²) >= 11 is 6.04. The SMILES string of the molecule is COc1ccc(CC(NC(=O)OCC2c3ccccc3-c3ccccc32)C(=O)O)cc1COc1cccc(Cl)c1. The van der Waals surface area contributed by atoms with Gasteiger partial charge in [-0.05, 0) is 58.1 Å². The van der Waals surface area contributed by atoms with E-state index in [9.17, 15) is 14.7 Å². The van der Waals surface area contributed by atoms with Crippen LogP contribution in [0.4, 0.5) is 4.79 Å². The van der Waals surface area contributed by atoms with Gasteiger partial charge in [0.15, 0.2) is 0 Å². The third kappa shape index (κ3) is 6.05. The number of nitrogens with one attached hydrogen (secondary N) is 1. The summed E-state index contributed by atoms with van der Waals surface area (Å²) in [4.78, 5) is 24.8. The topological polar surface area (TPSA) is 94.1 Å². The van der Waals surface area contributed by atoms with E-state index in [4.69, 9.17) is 25.8 Å². The molecule has 4 aromatic rings. The van der Waals surface area contributed by atoms with E-state index in [0.29, 0.717) is 22.1 Å². The van der Waals surface area contributed by atoms with Crippen molar-refractivity contribution in [3.63, 3.8) is 0 Å². The molecule has 0 saturated carbocycles. The molecule has 8 heteroatoms. The number of hydrogen-bond acceptors (Lipinski definition) is 5. The zero-order valence-electron chi connectivity index (χ0n) is 21.8. The molecule has 7 nitrogen and oxygen atoms in total. The summed E-state index contributed by atoms with van der Waals surface area (Å²) in [7, 11) is 1.55. The van der Waals surface area contributed by atoms with E-state index in [2.05, 4.69) is 17.4 Å². The summed E-state index contributed by atoms with van der Waals surface area (Å²) in [5.74, 6) is -0.0893. The van der Waals surface area contributed by atoms with Gasteiger partial charge in [-0.25, -0.2) is 9.59 Å². The number of rotatable bonds is 10. The Hall–Kier alpha value is -4.49. The van der Waals surface area contributed by atoms with Crippen LogP contribution in [0.5, 0.6) is 11.5 Å². The molecule has 4 aromatic carbocycles. The molecule has 0 aromatic heterocycles. The number of methoxy groups -OCH3 is 1. The number of hydrogen-bond donors (Lipinski definition) is 2. The van der Waals surface area contributed by atoms with Crippen LogP contribution in [0.15, 0.2) is 91.0 Å². The quantitative estimate of drug-likeness (QED) is 0.232. The summed E-state index contributed by atoms with van der Waals surface area (Å²) in [5.41, 5.74) is 5.81. The molecule has 0 radical (unpaired) electrons. The Morgan fingerprint density at radius 2 is 1.62 bits per heavy atom. The number of carboxylic acid groups (broad SMARTS) is 1. The molecular formula is C32H28ClNO6. The Morgan fingerprint density at radius 1 is 0.925 bits per heavy atom. The first-order valence-corrected chi connectivity index (χ1v) is 13.2. The van der Waals surface area contributed by atoms with Crippen molar-refractivity contribution < 1.29 is 28.9 Å². The van der Waals surface area contributed by atoms with Crippen LogP contribution in [0.3, 0.4) is 0 Å². The van der Waals surface area contributed by atoms with Crippen LogP contribution in [-0.2, 0) is 22.6 Å². The van der Waals surface area contributed by atoms with Crippen LogP contribution in [0.2, 0.25) is 5.02 Å². The second-order valence-corrected chi connectivity index (χ2v) is 9.89. The Morgan fingerprint density at radius 3 is 2.27 bits per heavy atom. The number of carboxylic acids is 1. The molecule has 0 bridgehead atoms. The van der Waals surface area contributed by atoms with E-state index in [0.717, 1.165) is 27.8 Å². The highest BCUT2D eigenvalue weighted by molar-refractivity contribution is 6.30. The van der Waals surface area contributed by atoms with E-state index >= 15 is 0 Å². The smallest absolute Gasteiger partial charge is 0.407 e. The zero-order chi connectivity index (χ0) is 28.1. The first-order chi connectivity index (χ1) is 19.4. The minimum Gasteiger partial charge on any atom is -0.496 e. The van der Waals surface area contributed by atoms with Crippen molar-refractivity contribution >= 4 is 23.7 Å². The lowest BCUT2D eigenvalue weighted by atomic mass is 9.98. The molecule has 1 amide bonds. The van der Waals surface area contributed by atoms with E-state index in [1.807, 2.05) is 36.4 Å². The van der Waals surface area contributed by atoms with Gasteiger partial charge in [0.05, 0.1) is 7.11 Å². The van der Waals surface area contributed by atoms with Gasteiger partial charge in [-0.15, -0.1) is 0 Å². The Kier molecular flexibility index (Phi) is 8.22. The average Bonchev–Trinajstić information content (AvgIpc) is 3.28. The fraction of sp³-hybridized carbons (Fsp3) is 0.188. The van der Waals surface area contributed by atoms with Crippen LogP contribution >= 0.6 is 11.6 Å². The number of aliphatic carboxylic acids is 1. The van der Waals surface area contributed by atoms with E-state index < -0.39 is 18.1 Å². The van der Waals surface area contributed by atoms with Crippen LogP contribution in [0.25, 0.3) is 11.1 Å². The molecule has 0 aliphatic heterocycles. The number of amides is 1. The molecule has 1 unspecified atom stereocenters. The molecule has 0 heterocycles. The molecule has 204 valence electrons. The highest BCUT2D eigenvalue weighted by Gasteiger charge is 2.30. The number of carbonyl (C=O) groups is 2. The molecular weight excluding hydrogens is 530 g/mol. The third-order valence-electron chi connectivity index (χ3n) is 6.91. The first kappa shape index (κ1) is 27.1. The lowest BCUT2D eigenvalue weighted by Crippen LogP contribution is -2.42. The average molecular weight is 558 g/mol. The van der Waals surface area contributed by atoms with E-state index in [-0.39, 0.29) is 25.6 Å². The standard InChI is InChI=1S/C32H28ClNO6/c1-38-30-14-13-20(15-21(30)18-39-23-8-6-7-22(33)17-23)16-29(31(35)36)34-32(37)40-19-28-26-11-4-2-9-24(26)25-10-3-5-12-27(25)28/h2-15,17,28-29H,16,18-19H2,1H3,(H,34,37)(H,35,36). The highest BCUT2D eigenvalue weighted by Crippen LogP contribution is 2.44. The number of fused-ring (bicyclic) bond motifs is 3. The van der Waals surface area contributed by atoms with Crippen molar-refractivity contribution in [3.8, 4) is 22.6 Å². The lowest BCUT2D eigenvalue weighted by Gasteiger charge is -2.18. The van der Waals surface area contributed by atoms with Crippen molar-refractivity contribution in [3.05, 3.63) is 118 Å². The number of carbonyl (C=O) groups excluding carboxylic acids is 1. The van der Waals surface area contributed by atoms with Gasteiger partial charge >= 0.3 is 12.1 Å². The molecule has 2 N–H and O–H groups in total. The van der Waals surface area contributed by atoms with Gasteiger partial charge in [0.1, 0.15) is 30.8 Å². The van der Waals surface area contributed by atoms with Gasteiger partial charge in [0, 0.05) is 22.9 Å². The zero-order valence-corrected chi connectivity index (χ0v) is 22.6. The molecule has 40 heavy (non-hydrogen) atoms. The molecule has 5 rings (SSSR count). The predicted molar refractivity (Wildman–Crippen MR) is 152 cm³/mol. The predicted octanol–water partition coefficient (Wildman–Crippen LogP) is 6.46. The van der Waals surface area contributed by atoms with Gasteiger partial charge in [-0.1, -0.05) is 72.3 Å². The number of alkyl carbamates (subject to hydrolysis) is 1. The van der Waals surface area contributed by atoms with Gasteiger partial charge in [-0.2, -0.15) is 0 Å². The molecule has 0 saturated heterocycles. The normalized spacial score (nSPS) is 12.7. The highest BCUT2D eigenvalue weighted by atomic mass is 35.5. The monoisotopic (exact) mass is 557 g/mol. The largest absolute Gasteiger partial charge is 0.496 e. The maximum absolute atomic E-state index is 12.7. The number of ether oxygens (including phenoxy) is 3. The van der Waals surface area contributed by atoms with Crippen molar-refractivity contribution in [2.45, 2.75) is 25.0 Å². The molecule has 1 atom stereocenters. The fourth-order valence-electron chi connectivity index (χ4n) is 5.01. The Labute approximate surface area is 237 Å². The maximum Gasteiger partial charge on any atom is 0.407 e. The second-order valence-electron chi connectivity index (χ2n) is 9.46. The van der Waals surface area contributed by atoms with Crippen molar-refractivity contribution in [1.29, 1.82) is 0 Å². The van der Waals surface area contributed by atoms with Gasteiger partial charge in [-0.3, -0.25) is 0 Å². The fourth-order valence-corrected chi connectivity index (χ4v) is 5.19. The minimum absolute atomic E-state index is 0.0493. The van der Waals surface area contributed by atoms with E-state index in [1.165, 1.54) is 0 Å². The van der Waals surface area contributed by atoms with Crippen molar-refractivity contribution in [1.82, 2.24) is 5.32 Å². The summed E-state index contributed by atoms with van der Waals surface area (Å²) in [6.45, 7) is 0.286. The van der Waals surface area contributed by atoms with Crippen LogP contribution in [0, 0.1) is 0 Å². The summed E-state index contributed by atoms with van der Waals surface area (Å²) in [5, 5.41) is 12.9. The van der Waals surface area contributed by atoms with Gasteiger partial charge < -0.3 is 24.6 Å². The van der Waals surface area contributed by atoms with Gasteiger partial charge in [0.2, 0.25) is 0 Å². The molecule has 1 aliphatic carbocycles. The maximum atomic E-state index is 12.7. The van der Waals surface area contributed by atoms with Crippen LogP contribution < -0.4 is 14.8 Å².